The summed E-state index contributed by atoms with van der Waals surface area (Å²) in [5.41, 5.74) is 0.0823. The smallest absolute Gasteiger partial charge is 0.390 e. The van der Waals surface area contributed by atoms with Gasteiger partial charge in [-0.2, -0.15) is 4.99 Å². The Kier molecular flexibility index (Phi) is 2.75. The van der Waals surface area contributed by atoms with E-state index in [0.717, 1.165) is 16.5 Å². The van der Waals surface area contributed by atoms with Gasteiger partial charge in [0.05, 0.1) is 5.69 Å². The van der Waals surface area contributed by atoms with E-state index in [2.05, 4.69) is 23.2 Å². The van der Waals surface area contributed by atoms with E-state index < -0.39 is 11.2 Å². The van der Waals surface area contributed by atoms with Gasteiger partial charge in [0.15, 0.2) is 0 Å². The van der Waals surface area contributed by atoms with Crippen LogP contribution in [0.4, 0.5) is 5.69 Å². The molecule has 0 saturated carbocycles. The number of nitrogens with zero attached hydrogens (tertiary/aromatic N) is 1. The van der Waals surface area contributed by atoms with Crippen LogP contribution in [0.25, 0.3) is 10.8 Å². The molecule has 104 valence electrons. The van der Waals surface area contributed by atoms with E-state index in [1.807, 2.05) is 52.0 Å². The fraction of sp³-hybridized carbons (Fsp3) is 0.353. The predicted molar refractivity (Wildman–Crippen MR) is 81.4 cm³/mol. The summed E-state index contributed by atoms with van der Waals surface area (Å²) < 4.78 is 11.7. The second-order valence-electron chi connectivity index (χ2n) is 6.10. The first kappa shape index (κ1) is 13.0. The van der Waals surface area contributed by atoms with Crippen molar-refractivity contribution in [1.29, 1.82) is 0 Å². The number of rotatable bonds is 1. The number of hydrogen-bond donors (Lipinski definition) is 0. The van der Waals surface area contributed by atoms with Crippen LogP contribution in [0.1, 0.15) is 27.7 Å². The van der Waals surface area contributed by atoms with Crippen LogP contribution in [0, 0.1) is 0 Å². The minimum absolute atomic E-state index is 0.344. The van der Waals surface area contributed by atoms with Gasteiger partial charge in [-0.1, -0.05) is 36.4 Å². The van der Waals surface area contributed by atoms with Gasteiger partial charge in [-0.3, -0.25) is 0 Å². The van der Waals surface area contributed by atoms with Gasteiger partial charge in [-0.15, -0.1) is 0 Å². The molecule has 2 aromatic rings. The summed E-state index contributed by atoms with van der Waals surface area (Å²) >= 11 is 0. The quantitative estimate of drug-likeness (QED) is 0.766. The van der Waals surface area contributed by atoms with Gasteiger partial charge in [0.2, 0.25) is 0 Å². The minimum atomic E-state index is -0.392. The maximum atomic E-state index is 5.84. The minimum Gasteiger partial charge on any atom is -0.440 e. The first-order valence-corrected chi connectivity index (χ1v) is 6.84. The summed E-state index contributed by atoms with van der Waals surface area (Å²) in [6.45, 7) is 8.05. The fourth-order valence-electron chi connectivity index (χ4n) is 2.15. The van der Waals surface area contributed by atoms with Gasteiger partial charge in [0.1, 0.15) is 11.2 Å². The van der Waals surface area contributed by atoms with Crippen molar-refractivity contribution < 1.29 is 9.47 Å². The molecule has 1 heterocycles. The molecule has 3 heteroatoms. The van der Waals surface area contributed by atoms with Crippen LogP contribution in [0.5, 0.6) is 0 Å². The van der Waals surface area contributed by atoms with Gasteiger partial charge in [0.25, 0.3) is 0 Å². The molecule has 0 amide bonds. The molecule has 2 aromatic carbocycles. The van der Waals surface area contributed by atoms with Crippen molar-refractivity contribution in [2.75, 3.05) is 0 Å². The first-order chi connectivity index (χ1) is 9.39. The van der Waals surface area contributed by atoms with Crippen molar-refractivity contribution in [2.24, 2.45) is 4.99 Å². The average molecular weight is 269 g/mol. The Labute approximate surface area is 119 Å². The molecular formula is C17H19NO2. The third-order valence-corrected chi connectivity index (χ3v) is 4.11. The average Bonchev–Trinajstić information content (AvgIpc) is 2.58. The SMILES string of the molecule is CC1(C)OC(=Nc2cccc3ccccc23)OC1(C)C. The van der Waals surface area contributed by atoms with Crippen LogP contribution >= 0.6 is 0 Å². The largest absolute Gasteiger partial charge is 0.440 e. The molecule has 0 aliphatic carbocycles. The van der Waals surface area contributed by atoms with Crippen LogP contribution in [0.15, 0.2) is 47.5 Å². The second-order valence-corrected chi connectivity index (χ2v) is 6.10. The van der Waals surface area contributed by atoms with Gasteiger partial charge in [-0.25, -0.2) is 0 Å². The molecule has 1 saturated heterocycles. The molecule has 3 rings (SSSR count). The van der Waals surface area contributed by atoms with E-state index >= 15 is 0 Å². The Hall–Kier alpha value is -2.03. The summed E-state index contributed by atoms with van der Waals surface area (Å²) in [6.07, 6.45) is 0.344. The highest BCUT2D eigenvalue weighted by Gasteiger charge is 2.49. The molecule has 0 aromatic heterocycles. The maximum Gasteiger partial charge on any atom is 0.390 e. The molecule has 3 nitrogen and oxygen atoms in total. The first-order valence-electron chi connectivity index (χ1n) is 6.84. The number of hydrogen-bond acceptors (Lipinski definition) is 3. The molecule has 1 aliphatic rings. The van der Waals surface area contributed by atoms with Gasteiger partial charge in [-0.05, 0) is 39.1 Å². The lowest BCUT2D eigenvalue weighted by Gasteiger charge is -2.28. The van der Waals surface area contributed by atoms with Crippen LogP contribution in [0.3, 0.4) is 0 Å². The van der Waals surface area contributed by atoms with Gasteiger partial charge >= 0.3 is 6.08 Å². The summed E-state index contributed by atoms with van der Waals surface area (Å²) in [4.78, 5) is 4.55. The van der Waals surface area contributed by atoms with E-state index in [-0.39, 0.29) is 0 Å². The highest BCUT2D eigenvalue weighted by Crippen LogP contribution is 2.37. The molecule has 0 N–H and O–H groups in total. The van der Waals surface area contributed by atoms with E-state index in [4.69, 9.17) is 9.47 Å². The molecular weight excluding hydrogens is 250 g/mol. The van der Waals surface area contributed by atoms with Crippen LogP contribution in [-0.4, -0.2) is 17.3 Å². The predicted octanol–water partition coefficient (Wildman–Crippen LogP) is 4.43. The van der Waals surface area contributed by atoms with Crippen molar-refractivity contribution in [3.05, 3.63) is 42.5 Å². The Morgan fingerprint density at radius 2 is 1.40 bits per heavy atom. The zero-order valence-electron chi connectivity index (χ0n) is 12.3. The third-order valence-electron chi connectivity index (χ3n) is 4.11. The lowest BCUT2D eigenvalue weighted by atomic mass is 9.90. The standard InChI is InChI=1S/C17H19NO2/c1-16(2)17(3,4)20-15(19-16)18-14-11-7-9-12-8-5-6-10-13(12)14/h5-11H,1-4H3. The monoisotopic (exact) mass is 269 g/mol. The molecule has 0 bridgehead atoms. The number of benzene rings is 2. The fourth-order valence-corrected chi connectivity index (χ4v) is 2.15. The van der Waals surface area contributed by atoms with Gasteiger partial charge < -0.3 is 9.47 Å². The Balaban J connectivity index is 2.04. The van der Waals surface area contributed by atoms with E-state index in [1.165, 1.54) is 0 Å². The molecule has 1 aliphatic heterocycles. The number of fused-ring (bicyclic) bond motifs is 1. The molecule has 0 atom stereocenters. The summed E-state index contributed by atoms with van der Waals surface area (Å²) in [7, 11) is 0. The second kappa shape index (κ2) is 4.23. The Morgan fingerprint density at radius 1 is 0.800 bits per heavy atom. The summed E-state index contributed by atoms with van der Waals surface area (Å²) in [6, 6.07) is 14.2. The van der Waals surface area contributed by atoms with E-state index in [1.54, 1.807) is 0 Å². The molecule has 20 heavy (non-hydrogen) atoms. The summed E-state index contributed by atoms with van der Waals surface area (Å²) in [5, 5.41) is 2.25. The highest BCUT2D eigenvalue weighted by atomic mass is 16.7. The van der Waals surface area contributed by atoms with Crippen molar-refractivity contribution in [3.63, 3.8) is 0 Å². The van der Waals surface area contributed by atoms with Crippen molar-refractivity contribution in [1.82, 2.24) is 0 Å². The van der Waals surface area contributed by atoms with Crippen LogP contribution in [-0.2, 0) is 9.47 Å². The van der Waals surface area contributed by atoms with Crippen LogP contribution < -0.4 is 0 Å². The third kappa shape index (κ3) is 2.03. The zero-order valence-corrected chi connectivity index (χ0v) is 12.3. The topological polar surface area (TPSA) is 30.8 Å². The summed E-state index contributed by atoms with van der Waals surface area (Å²) in [5.74, 6) is 0. The van der Waals surface area contributed by atoms with Crippen LogP contribution in [0.2, 0.25) is 0 Å². The zero-order chi connectivity index (χ0) is 14.4. The normalized spacial score (nSPS) is 19.5. The molecule has 1 fully saturated rings. The number of ether oxygens (including phenoxy) is 2. The van der Waals surface area contributed by atoms with E-state index in [9.17, 15) is 0 Å². The van der Waals surface area contributed by atoms with Gasteiger partial charge in [0, 0.05) is 5.39 Å². The lowest BCUT2D eigenvalue weighted by molar-refractivity contribution is 0.00578. The van der Waals surface area contributed by atoms with Crippen molar-refractivity contribution in [2.45, 2.75) is 38.9 Å². The Morgan fingerprint density at radius 3 is 2.10 bits per heavy atom. The highest BCUT2D eigenvalue weighted by molar-refractivity contribution is 5.94. The van der Waals surface area contributed by atoms with Crippen molar-refractivity contribution in [3.8, 4) is 0 Å². The number of aliphatic imine (C=N–C) groups is 1. The molecule has 0 spiro atoms. The van der Waals surface area contributed by atoms with E-state index in [0.29, 0.717) is 6.08 Å². The maximum absolute atomic E-state index is 5.84. The molecule has 0 unspecified atom stereocenters. The van der Waals surface area contributed by atoms with Crippen molar-refractivity contribution >= 4 is 22.5 Å². The Bertz CT molecular complexity index is 663. The molecule has 0 radical (unpaired) electrons. The lowest BCUT2D eigenvalue weighted by Crippen LogP contribution is -2.41.